The Kier molecular flexibility index (Phi) is 4.55. The number of nitrogen functional groups attached to an aromatic ring is 1. The SMILES string of the molecule is Cc1cc(C(=O)NC(C)c2cccc(F)c2)ccc1NN. The van der Waals surface area contributed by atoms with Gasteiger partial charge in [0.2, 0.25) is 0 Å². The van der Waals surface area contributed by atoms with Gasteiger partial charge in [0.05, 0.1) is 11.7 Å². The van der Waals surface area contributed by atoms with Gasteiger partial charge in [0.25, 0.3) is 5.91 Å². The zero-order valence-corrected chi connectivity index (χ0v) is 12.0. The monoisotopic (exact) mass is 287 g/mol. The maximum atomic E-state index is 13.2. The van der Waals surface area contributed by atoms with Crippen molar-refractivity contribution >= 4 is 11.6 Å². The number of anilines is 1. The van der Waals surface area contributed by atoms with Crippen LogP contribution in [0, 0.1) is 12.7 Å². The number of amides is 1. The fourth-order valence-electron chi connectivity index (χ4n) is 2.11. The van der Waals surface area contributed by atoms with Crippen LogP contribution in [0.4, 0.5) is 10.1 Å². The number of nitrogens with one attached hydrogen (secondary N) is 2. The van der Waals surface area contributed by atoms with Crippen LogP contribution in [0.25, 0.3) is 0 Å². The molecule has 1 atom stereocenters. The summed E-state index contributed by atoms with van der Waals surface area (Å²) in [7, 11) is 0. The minimum Gasteiger partial charge on any atom is -0.346 e. The van der Waals surface area contributed by atoms with Crippen molar-refractivity contribution in [2.45, 2.75) is 19.9 Å². The molecule has 21 heavy (non-hydrogen) atoms. The zero-order chi connectivity index (χ0) is 15.4. The first-order valence-corrected chi connectivity index (χ1v) is 6.65. The van der Waals surface area contributed by atoms with Gasteiger partial charge < -0.3 is 10.7 Å². The largest absolute Gasteiger partial charge is 0.346 e. The van der Waals surface area contributed by atoms with Crippen molar-refractivity contribution in [1.82, 2.24) is 5.32 Å². The average Bonchev–Trinajstić information content (AvgIpc) is 2.47. The molecule has 2 rings (SSSR count). The molecule has 4 nitrogen and oxygen atoms in total. The second-order valence-corrected chi connectivity index (χ2v) is 4.92. The maximum Gasteiger partial charge on any atom is 0.251 e. The van der Waals surface area contributed by atoms with Crippen LogP contribution < -0.4 is 16.6 Å². The minimum atomic E-state index is -0.317. The predicted octanol–water partition coefficient (Wildman–Crippen LogP) is 2.91. The standard InChI is InChI=1S/C16H18FN3O/c1-10-8-13(6-7-15(10)20-18)16(21)19-11(2)12-4-3-5-14(17)9-12/h3-9,11,20H,18H2,1-2H3,(H,19,21). The lowest BCUT2D eigenvalue weighted by molar-refractivity contribution is 0.0939. The number of nitrogens with two attached hydrogens (primary N) is 1. The number of carbonyl (C=O) groups excluding carboxylic acids is 1. The minimum absolute atomic E-state index is 0.210. The molecule has 0 bridgehead atoms. The Hall–Kier alpha value is -2.40. The van der Waals surface area contributed by atoms with Gasteiger partial charge >= 0.3 is 0 Å². The summed E-state index contributed by atoms with van der Waals surface area (Å²) in [6.07, 6.45) is 0. The highest BCUT2D eigenvalue weighted by atomic mass is 19.1. The van der Waals surface area contributed by atoms with E-state index < -0.39 is 0 Å². The highest BCUT2D eigenvalue weighted by Crippen LogP contribution is 2.17. The van der Waals surface area contributed by atoms with E-state index in [1.807, 2.05) is 13.8 Å². The van der Waals surface area contributed by atoms with Gasteiger partial charge in [-0.15, -0.1) is 0 Å². The molecule has 1 amide bonds. The van der Waals surface area contributed by atoms with Gasteiger partial charge in [0.1, 0.15) is 5.82 Å². The molecule has 0 aliphatic carbocycles. The lowest BCUT2D eigenvalue weighted by Crippen LogP contribution is -2.26. The first-order valence-electron chi connectivity index (χ1n) is 6.65. The van der Waals surface area contributed by atoms with Crippen molar-refractivity contribution in [3.63, 3.8) is 0 Å². The molecule has 0 aliphatic heterocycles. The Morgan fingerprint density at radius 2 is 2.00 bits per heavy atom. The van der Waals surface area contributed by atoms with Crippen LogP contribution >= 0.6 is 0 Å². The summed E-state index contributed by atoms with van der Waals surface area (Å²) < 4.78 is 13.2. The van der Waals surface area contributed by atoms with E-state index in [1.54, 1.807) is 30.3 Å². The van der Waals surface area contributed by atoms with E-state index in [1.165, 1.54) is 12.1 Å². The number of carbonyl (C=O) groups is 1. The molecule has 2 aromatic rings. The Morgan fingerprint density at radius 1 is 1.24 bits per heavy atom. The van der Waals surface area contributed by atoms with Crippen LogP contribution in [0.2, 0.25) is 0 Å². The van der Waals surface area contributed by atoms with Crippen LogP contribution in [0.5, 0.6) is 0 Å². The fourth-order valence-corrected chi connectivity index (χ4v) is 2.11. The Bertz CT molecular complexity index is 658. The van der Waals surface area contributed by atoms with Crippen LogP contribution in [0.15, 0.2) is 42.5 Å². The molecule has 0 aromatic heterocycles. The maximum absolute atomic E-state index is 13.2. The van der Waals surface area contributed by atoms with E-state index in [2.05, 4.69) is 10.7 Å². The van der Waals surface area contributed by atoms with Gasteiger partial charge in [-0.25, -0.2) is 4.39 Å². The van der Waals surface area contributed by atoms with E-state index in [0.29, 0.717) is 5.56 Å². The molecule has 0 radical (unpaired) electrons. The number of hydrogen-bond donors (Lipinski definition) is 3. The van der Waals surface area contributed by atoms with Crippen molar-refractivity contribution in [1.29, 1.82) is 0 Å². The Morgan fingerprint density at radius 3 is 2.62 bits per heavy atom. The number of benzene rings is 2. The molecular weight excluding hydrogens is 269 g/mol. The van der Waals surface area contributed by atoms with Gasteiger partial charge in [-0.05, 0) is 55.3 Å². The molecule has 5 heteroatoms. The average molecular weight is 287 g/mol. The van der Waals surface area contributed by atoms with E-state index in [4.69, 9.17) is 5.84 Å². The number of hydrazine groups is 1. The zero-order valence-electron chi connectivity index (χ0n) is 12.0. The molecular formula is C16H18FN3O. The van der Waals surface area contributed by atoms with Crippen LogP contribution in [-0.2, 0) is 0 Å². The van der Waals surface area contributed by atoms with E-state index in [9.17, 15) is 9.18 Å². The van der Waals surface area contributed by atoms with Crippen molar-refractivity contribution in [3.8, 4) is 0 Å². The van der Waals surface area contributed by atoms with Crippen LogP contribution in [0.1, 0.15) is 34.5 Å². The lowest BCUT2D eigenvalue weighted by Gasteiger charge is -2.15. The second kappa shape index (κ2) is 6.37. The van der Waals surface area contributed by atoms with Gasteiger partial charge in [-0.1, -0.05) is 12.1 Å². The molecule has 110 valence electrons. The summed E-state index contributed by atoms with van der Waals surface area (Å²) in [5.41, 5.74) is 5.47. The third-order valence-corrected chi connectivity index (χ3v) is 3.34. The first kappa shape index (κ1) is 15.0. The molecule has 4 N–H and O–H groups in total. The van der Waals surface area contributed by atoms with E-state index in [0.717, 1.165) is 16.8 Å². The van der Waals surface area contributed by atoms with Crippen molar-refractivity contribution in [2.75, 3.05) is 5.43 Å². The molecule has 0 spiro atoms. The third-order valence-electron chi connectivity index (χ3n) is 3.34. The van der Waals surface area contributed by atoms with Gasteiger partial charge in [0.15, 0.2) is 0 Å². The molecule has 1 unspecified atom stereocenters. The van der Waals surface area contributed by atoms with E-state index in [-0.39, 0.29) is 17.8 Å². The van der Waals surface area contributed by atoms with Gasteiger partial charge in [-0.3, -0.25) is 10.6 Å². The lowest BCUT2D eigenvalue weighted by atomic mass is 10.1. The molecule has 0 heterocycles. The predicted molar refractivity (Wildman–Crippen MR) is 81.3 cm³/mol. The number of hydrogen-bond acceptors (Lipinski definition) is 3. The number of halogens is 1. The Labute approximate surface area is 123 Å². The topological polar surface area (TPSA) is 67.2 Å². The summed E-state index contributed by atoms with van der Waals surface area (Å²) in [6, 6.07) is 11.1. The second-order valence-electron chi connectivity index (χ2n) is 4.92. The molecule has 0 saturated heterocycles. The van der Waals surface area contributed by atoms with E-state index >= 15 is 0 Å². The Balaban J connectivity index is 2.12. The summed E-state index contributed by atoms with van der Waals surface area (Å²) in [6.45, 7) is 3.68. The van der Waals surface area contributed by atoms with Gasteiger partial charge in [-0.2, -0.15) is 0 Å². The molecule has 2 aromatic carbocycles. The third kappa shape index (κ3) is 3.58. The highest BCUT2D eigenvalue weighted by molar-refractivity contribution is 5.95. The van der Waals surface area contributed by atoms with Crippen molar-refractivity contribution in [3.05, 3.63) is 65.0 Å². The van der Waals surface area contributed by atoms with Crippen LogP contribution in [-0.4, -0.2) is 5.91 Å². The number of rotatable bonds is 4. The highest BCUT2D eigenvalue weighted by Gasteiger charge is 2.12. The first-order chi connectivity index (χ1) is 10.0. The van der Waals surface area contributed by atoms with Crippen molar-refractivity contribution in [2.24, 2.45) is 5.84 Å². The van der Waals surface area contributed by atoms with Crippen LogP contribution in [0.3, 0.4) is 0 Å². The van der Waals surface area contributed by atoms with Gasteiger partial charge in [0, 0.05) is 5.56 Å². The summed E-state index contributed by atoms with van der Waals surface area (Å²) in [5, 5.41) is 2.85. The molecule has 0 saturated carbocycles. The quantitative estimate of drug-likeness (QED) is 0.598. The summed E-state index contributed by atoms with van der Waals surface area (Å²) in [5.74, 6) is 4.84. The fraction of sp³-hybridized carbons (Fsp3) is 0.188. The summed E-state index contributed by atoms with van der Waals surface area (Å²) in [4.78, 5) is 12.2. The van der Waals surface area contributed by atoms with Crippen molar-refractivity contribution < 1.29 is 9.18 Å². The molecule has 0 fully saturated rings. The number of aryl methyl sites for hydroxylation is 1. The summed E-state index contributed by atoms with van der Waals surface area (Å²) >= 11 is 0. The molecule has 0 aliphatic rings. The normalized spacial score (nSPS) is 11.8. The smallest absolute Gasteiger partial charge is 0.251 e.